The number of furan rings is 1. The van der Waals surface area contributed by atoms with E-state index in [-0.39, 0.29) is 23.6 Å². The molecule has 0 unspecified atom stereocenters. The Morgan fingerprint density at radius 1 is 1.21 bits per heavy atom. The molecule has 0 bridgehead atoms. The molecule has 2 aromatic heterocycles. The lowest BCUT2D eigenvalue weighted by atomic mass is 10.1. The van der Waals surface area contributed by atoms with Crippen molar-refractivity contribution in [3.63, 3.8) is 0 Å². The van der Waals surface area contributed by atoms with Gasteiger partial charge < -0.3 is 9.32 Å². The minimum Gasteiger partial charge on any atom is -0.448 e. The second-order valence-corrected chi connectivity index (χ2v) is 6.51. The zero-order valence-electron chi connectivity index (χ0n) is 15.1. The van der Waals surface area contributed by atoms with Gasteiger partial charge in [0.2, 0.25) is 11.5 Å². The molecule has 2 aromatic carbocycles. The molecule has 4 rings (SSSR count). The van der Waals surface area contributed by atoms with E-state index in [1.165, 1.54) is 15.8 Å². The quantitative estimate of drug-likeness (QED) is 0.549. The van der Waals surface area contributed by atoms with Crippen molar-refractivity contribution in [1.82, 2.24) is 14.5 Å². The first-order valence-corrected chi connectivity index (χ1v) is 8.66. The summed E-state index contributed by atoms with van der Waals surface area (Å²) in [6.45, 7) is 0.241. The number of hydrogen-bond acceptors (Lipinski definition) is 5. The lowest BCUT2D eigenvalue weighted by molar-refractivity contribution is -0.131. The summed E-state index contributed by atoms with van der Waals surface area (Å²) >= 11 is 0. The summed E-state index contributed by atoms with van der Waals surface area (Å²) in [4.78, 5) is 31.1. The normalized spacial score (nSPS) is 10.9. The molecule has 7 nitrogen and oxygen atoms in total. The van der Waals surface area contributed by atoms with Crippen LogP contribution < -0.4 is 5.56 Å². The molecule has 1 amide bonds. The van der Waals surface area contributed by atoms with E-state index in [1.807, 2.05) is 18.2 Å². The van der Waals surface area contributed by atoms with Gasteiger partial charge in [-0.1, -0.05) is 24.3 Å². The van der Waals surface area contributed by atoms with Crippen molar-refractivity contribution in [3.8, 4) is 6.07 Å². The summed E-state index contributed by atoms with van der Waals surface area (Å²) in [5.74, 6) is -0.233. The molecule has 0 spiro atoms. The molecule has 138 valence electrons. The van der Waals surface area contributed by atoms with Crippen molar-refractivity contribution in [2.75, 3.05) is 7.05 Å². The van der Waals surface area contributed by atoms with Gasteiger partial charge in [0.25, 0.3) is 5.56 Å². The van der Waals surface area contributed by atoms with Crippen LogP contribution in [0.2, 0.25) is 0 Å². The Morgan fingerprint density at radius 2 is 1.96 bits per heavy atom. The van der Waals surface area contributed by atoms with Crippen LogP contribution in [0.1, 0.15) is 11.1 Å². The third-order valence-electron chi connectivity index (χ3n) is 4.58. The fourth-order valence-corrected chi connectivity index (χ4v) is 3.04. The van der Waals surface area contributed by atoms with E-state index >= 15 is 0 Å². The number of para-hydroxylation sites is 1. The average Bonchev–Trinajstić information content (AvgIpc) is 3.10. The van der Waals surface area contributed by atoms with Gasteiger partial charge in [-0.3, -0.25) is 14.2 Å². The van der Waals surface area contributed by atoms with Crippen LogP contribution in [0.4, 0.5) is 0 Å². The van der Waals surface area contributed by atoms with Crippen LogP contribution in [-0.2, 0) is 17.9 Å². The molecule has 0 saturated heterocycles. The number of benzene rings is 2. The summed E-state index contributed by atoms with van der Waals surface area (Å²) in [6.07, 6.45) is 1.38. The van der Waals surface area contributed by atoms with Crippen molar-refractivity contribution < 1.29 is 9.21 Å². The molecule has 4 aromatic rings. The van der Waals surface area contributed by atoms with Crippen LogP contribution in [0.5, 0.6) is 0 Å². The number of aromatic nitrogens is 2. The molecule has 7 heteroatoms. The number of likely N-dealkylation sites (N-methyl/N-ethyl adjacent to an activating group) is 1. The molecule has 0 N–H and O–H groups in total. The van der Waals surface area contributed by atoms with E-state index in [9.17, 15) is 9.59 Å². The average molecular weight is 372 g/mol. The Morgan fingerprint density at radius 3 is 2.71 bits per heavy atom. The van der Waals surface area contributed by atoms with Crippen LogP contribution in [0.15, 0.2) is 64.1 Å². The van der Waals surface area contributed by atoms with E-state index in [0.717, 1.165) is 10.9 Å². The predicted octanol–water partition coefficient (Wildman–Crippen LogP) is 2.67. The van der Waals surface area contributed by atoms with E-state index in [4.69, 9.17) is 9.68 Å². The third kappa shape index (κ3) is 3.12. The number of nitriles is 1. The van der Waals surface area contributed by atoms with Gasteiger partial charge in [0.15, 0.2) is 0 Å². The first-order chi connectivity index (χ1) is 13.6. The first kappa shape index (κ1) is 17.5. The Kier molecular flexibility index (Phi) is 4.38. The largest absolute Gasteiger partial charge is 0.448 e. The highest BCUT2D eigenvalue weighted by atomic mass is 16.3. The van der Waals surface area contributed by atoms with Crippen molar-refractivity contribution in [2.45, 2.75) is 13.1 Å². The van der Waals surface area contributed by atoms with Gasteiger partial charge in [0.1, 0.15) is 17.6 Å². The van der Waals surface area contributed by atoms with E-state index < -0.39 is 0 Å². The van der Waals surface area contributed by atoms with Crippen molar-refractivity contribution in [1.29, 1.82) is 5.26 Å². The van der Waals surface area contributed by atoms with Crippen molar-refractivity contribution in [3.05, 3.63) is 76.3 Å². The summed E-state index contributed by atoms with van der Waals surface area (Å²) in [7, 11) is 1.67. The molecular formula is C21H16N4O3. The van der Waals surface area contributed by atoms with Gasteiger partial charge >= 0.3 is 0 Å². The van der Waals surface area contributed by atoms with E-state index in [0.29, 0.717) is 23.2 Å². The monoisotopic (exact) mass is 372 g/mol. The molecule has 0 aliphatic rings. The topological polar surface area (TPSA) is 92.1 Å². The van der Waals surface area contributed by atoms with E-state index in [2.05, 4.69) is 11.1 Å². The van der Waals surface area contributed by atoms with Gasteiger partial charge in [0, 0.05) is 19.0 Å². The van der Waals surface area contributed by atoms with Gasteiger partial charge in [0.05, 0.1) is 18.0 Å². The highest BCUT2D eigenvalue weighted by Crippen LogP contribution is 2.24. The molecular weight excluding hydrogens is 356 g/mol. The lowest BCUT2D eigenvalue weighted by Crippen LogP contribution is -2.33. The second-order valence-electron chi connectivity index (χ2n) is 6.51. The van der Waals surface area contributed by atoms with Crippen molar-refractivity contribution >= 4 is 28.0 Å². The minimum atomic E-state index is -0.388. The molecule has 0 atom stereocenters. The molecule has 0 saturated carbocycles. The fraction of sp³-hybridized carbons (Fsp3) is 0.143. The highest BCUT2D eigenvalue weighted by molar-refractivity contribution is 6.01. The predicted molar refractivity (Wildman–Crippen MR) is 103 cm³/mol. The van der Waals surface area contributed by atoms with Crippen molar-refractivity contribution in [2.24, 2.45) is 0 Å². The minimum absolute atomic E-state index is 0.133. The maximum atomic E-state index is 12.7. The summed E-state index contributed by atoms with van der Waals surface area (Å²) in [5.41, 5.74) is 2.30. The van der Waals surface area contributed by atoms with Crippen LogP contribution in [0.3, 0.4) is 0 Å². The van der Waals surface area contributed by atoms with Crippen LogP contribution in [0.25, 0.3) is 22.1 Å². The molecule has 0 fully saturated rings. The van der Waals surface area contributed by atoms with Crippen LogP contribution >= 0.6 is 0 Å². The molecule has 28 heavy (non-hydrogen) atoms. The second kappa shape index (κ2) is 7.00. The zero-order valence-corrected chi connectivity index (χ0v) is 15.1. The molecule has 0 radical (unpaired) electrons. The lowest BCUT2D eigenvalue weighted by Gasteiger charge is -2.17. The smallest absolute Gasteiger partial charge is 0.297 e. The summed E-state index contributed by atoms with van der Waals surface area (Å²) in [5, 5.41) is 9.62. The molecule has 0 aliphatic heterocycles. The maximum absolute atomic E-state index is 12.7. The number of fused-ring (bicyclic) bond motifs is 3. The van der Waals surface area contributed by atoms with Gasteiger partial charge in [-0.2, -0.15) is 5.26 Å². The summed E-state index contributed by atoms with van der Waals surface area (Å²) in [6, 6.07) is 16.4. The number of nitrogens with zero attached hydrogens (tertiary/aromatic N) is 4. The fourth-order valence-electron chi connectivity index (χ4n) is 3.04. The first-order valence-electron chi connectivity index (χ1n) is 8.66. The van der Waals surface area contributed by atoms with E-state index in [1.54, 1.807) is 37.4 Å². The van der Waals surface area contributed by atoms with Gasteiger partial charge in [-0.25, -0.2) is 4.98 Å². The maximum Gasteiger partial charge on any atom is 0.297 e. The number of hydrogen-bond donors (Lipinski definition) is 0. The van der Waals surface area contributed by atoms with Gasteiger partial charge in [-0.15, -0.1) is 0 Å². The Hall–Kier alpha value is -3.92. The Bertz CT molecular complexity index is 1280. The number of carbonyl (C=O) groups is 1. The van der Waals surface area contributed by atoms with Crippen LogP contribution in [0, 0.1) is 11.3 Å². The SMILES string of the molecule is CN(Cc1ccc(C#N)cc1)C(=O)Cn1cnc2c(oc3ccccc32)c1=O. The number of carbonyl (C=O) groups excluding carboxylic acids is 1. The number of amides is 1. The Labute approximate surface area is 160 Å². The summed E-state index contributed by atoms with van der Waals surface area (Å²) < 4.78 is 6.89. The standard InChI is InChI=1S/C21H16N4O3/c1-24(11-15-8-6-14(10-22)7-9-15)18(26)12-25-13-23-19-16-4-2-3-5-17(16)28-20(19)21(25)27/h2-9,13H,11-12H2,1H3. The molecule has 0 aliphatic carbocycles. The third-order valence-corrected chi connectivity index (χ3v) is 4.58. The van der Waals surface area contributed by atoms with Gasteiger partial charge in [-0.05, 0) is 29.8 Å². The Balaban J connectivity index is 1.55. The molecule has 2 heterocycles. The van der Waals surface area contributed by atoms with Crippen LogP contribution in [-0.4, -0.2) is 27.4 Å². The zero-order chi connectivity index (χ0) is 19.7. The number of rotatable bonds is 4. The highest BCUT2D eigenvalue weighted by Gasteiger charge is 2.16.